The lowest BCUT2D eigenvalue weighted by Gasteiger charge is -2.33. The van der Waals surface area contributed by atoms with Crippen LogP contribution in [0.25, 0.3) is 0 Å². The number of carbonyl (C=O) groups excluding carboxylic acids is 1. The number of primary amides is 1. The Balaban J connectivity index is 2.47. The minimum atomic E-state index is -0.930. The van der Waals surface area contributed by atoms with Gasteiger partial charge in [-0.3, -0.25) is 10.1 Å². The number of aryl methyl sites for hydroxylation is 1. The van der Waals surface area contributed by atoms with Gasteiger partial charge in [-0.05, 0) is 12.1 Å². The van der Waals surface area contributed by atoms with Gasteiger partial charge in [-0.2, -0.15) is 0 Å². The van der Waals surface area contributed by atoms with Crippen molar-refractivity contribution in [1.82, 2.24) is 14.9 Å². The van der Waals surface area contributed by atoms with Crippen LogP contribution in [0.5, 0.6) is 0 Å². The van der Waals surface area contributed by atoms with Crippen molar-refractivity contribution in [2.24, 2.45) is 5.73 Å². The summed E-state index contributed by atoms with van der Waals surface area (Å²) in [5, 5.41) is 3.28. The third kappa shape index (κ3) is 2.97. The van der Waals surface area contributed by atoms with Gasteiger partial charge in [-0.25, -0.2) is 4.98 Å². The Morgan fingerprint density at radius 1 is 1.33 bits per heavy atom. The Hall–Kier alpha value is -2.14. The molecule has 0 saturated carbocycles. The van der Waals surface area contributed by atoms with Crippen LogP contribution in [-0.4, -0.2) is 22.0 Å². The number of imidazole rings is 1. The maximum absolute atomic E-state index is 12.3. The molecule has 3 N–H and O–H groups in total. The minimum absolute atomic E-state index is 0.383. The molecule has 2 rings (SSSR count). The Morgan fingerprint density at radius 2 is 2.05 bits per heavy atom. The summed E-state index contributed by atoms with van der Waals surface area (Å²) in [6, 6.07) is 9.61. The van der Waals surface area contributed by atoms with E-state index < -0.39 is 5.54 Å². The van der Waals surface area contributed by atoms with E-state index in [9.17, 15) is 4.79 Å². The molecule has 2 aromatic rings. The molecule has 1 aromatic heterocycles. The second-order valence-corrected chi connectivity index (χ2v) is 4.99. The van der Waals surface area contributed by atoms with Crippen molar-refractivity contribution >= 4 is 5.91 Å². The summed E-state index contributed by atoms with van der Waals surface area (Å²) in [5.74, 6) is 0.556. The van der Waals surface area contributed by atoms with Crippen LogP contribution in [0.2, 0.25) is 0 Å². The zero-order chi connectivity index (χ0) is 15.3. The summed E-state index contributed by atoms with van der Waals surface area (Å²) in [6.45, 7) is 5.09. The Labute approximate surface area is 125 Å². The molecule has 0 fully saturated rings. The number of benzene rings is 1. The molecule has 0 radical (unpaired) electrons. The highest BCUT2D eigenvalue weighted by molar-refractivity contribution is 5.86. The summed E-state index contributed by atoms with van der Waals surface area (Å²) in [5.41, 5.74) is 5.70. The third-order valence-electron chi connectivity index (χ3n) is 3.69. The summed E-state index contributed by atoms with van der Waals surface area (Å²) in [7, 11) is 0. The molecule has 0 saturated heterocycles. The normalized spacial score (nSPS) is 13.8. The molecule has 1 heterocycles. The van der Waals surface area contributed by atoms with E-state index in [4.69, 9.17) is 5.73 Å². The maximum Gasteiger partial charge on any atom is 0.244 e. The van der Waals surface area contributed by atoms with Gasteiger partial charge >= 0.3 is 0 Å². The molecule has 1 aromatic carbocycles. The van der Waals surface area contributed by atoms with Crippen molar-refractivity contribution in [1.29, 1.82) is 0 Å². The molecule has 21 heavy (non-hydrogen) atoms. The molecular weight excluding hydrogens is 264 g/mol. The van der Waals surface area contributed by atoms with Crippen molar-refractivity contribution in [2.45, 2.75) is 32.4 Å². The average molecular weight is 286 g/mol. The highest BCUT2D eigenvalue weighted by atomic mass is 16.1. The molecule has 5 nitrogen and oxygen atoms in total. The second kappa shape index (κ2) is 6.54. The van der Waals surface area contributed by atoms with Gasteiger partial charge in [0.25, 0.3) is 0 Å². The van der Waals surface area contributed by atoms with E-state index >= 15 is 0 Å². The molecule has 0 aliphatic heterocycles. The van der Waals surface area contributed by atoms with Gasteiger partial charge in [-0.15, -0.1) is 0 Å². The lowest BCUT2D eigenvalue weighted by molar-refractivity contribution is -0.125. The lowest BCUT2D eigenvalue weighted by atomic mass is 9.88. The Kier molecular flexibility index (Phi) is 4.75. The van der Waals surface area contributed by atoms with Crippen molar-refractivity contribution in [3.05, 3.63) is 54.1 Å². The van der Waals surface area contributed by atoms with E-state index in [2.05, 4.69) is 10.3 Å². The van der Waals surface area contributed by atoms with Crippen LogP contribution in [0, 0.1) is 0 Å². The Bertz CT molecular complexity index is 593. The van der Waals surface area contributed by atoms with Crippen LogP contribution >= 0.6 is 0 Å². The zero-order valence-corrected chi connectivity index (χ0v) is 12.5. The molecule has 1 unspecified atom stereocenters. The van der Waals surface area contributed by atoms with Crippen molar-refractivity contribution in [2.75, 3.05) is 6.54 Å². The van der Waals surface area contributed by atoms with Crippen LogP contribution in [-0.2, 0) is 23.3 Å². The van der Waals surface area contributed by atoms with Gasteiger partial charge in [0.15, 0.2) is 0 Å². The fourth-order valence-corrected chi connectivity index (χ4v) is 2.63. The number of amides is 1. The minimum Gasteiger partial charge on any atom is -0.368 e. The van der Waals surface area contributed by atoms with E-state index in [-0.39, 0.29) is 5.91 Å². The first-order valence-corrected chi connectivity index (χ1v) is 7.24. The largest absolute Gasteiger partial charge is 0.368 e. The summed E-state index contributed by atoms with van der Waals surface area (Å²) in [6.07, 6.45) is 4.45. The van der Waals surface area contributed by atoms with Crippen LogP contribution in [0.3, 0.4) is 0 Å². The molecule has 1 atom stereocenters. The van der Waals surface area contributed by atoms with Gasteiger partial charge in [0.1, 0.15) is 11.4 Å². The highest BCUT2D eigenvalue weighted by Crippen LogP contribution is 2.24. The van der Waals surface area contributed by atoms with E-state index in [0.717, 1.165) is 17.8 Å². The van der Waals surface area contributed by atoms with Crippen molar-refractivity contribution in [3.63, 3.8) is 0 Å². The first-order valence-electron chi connectivity index (χ1n) is 7.24. The average Bonchev–Trinajstić information content (AvgIpc) is 2.94. The van der Waals surface area contributed by atoms with Crippen molar-refractivity contribution in [3.8, 4) is 0 Å². The fourth-order valence-electron chi connectivity index (χ4n) is 2.63. The SMILES string of the molecule is CCNC(Cn1ccnc1CC)(C(N)=O)c1ccccc1. The van der Waals surface area contributed by atoms with Crippen molar-refractivity contribution < 1.29 is 4.79 Å². The number of hydrogen-bond acceptors (Lipinski definition) is 3. The van der Waals surface area contributed by atoms with E-state index in [0.29, 0.717) is 13.1 Å². The number of rotatable bonds is 7. The quantitative estimate of drug-likeness (QED) is 0.809. The van der Waals surface area contributed by atoms with Crippen LogP contribution in [0.4, 0.5) is 0 Å². The van der Waals surface area contributed by atoms with Gasteiger partial charge in [0, 0.05) is 18.8 Å². The number of nitrogens with two attached hydrogens (primary N) is 1. The summed E-state index contributed by atoms with van der Waals surface area (Å²) in [4.78, 5) is 16.6. The smallest absolute Gasteiger partial charge is 0.244 e. The first-order chi connectivity index (χ1) is 10.1. The molecule has 112 valence electrons. The van der Waals surface area contributed by atoms with Crippen LogP contribution < -0.4 is 11.1 Å². The zero-order valence-electron chi connectivity index (χ0n) is 12.5. The molecule has 0 aliphatic carbocycles. The summed E-state index contributed by atoms with van der Waals surface area (Å²) < 4.78 is 1.99. The van der Waals surface area contributed by atoms with Crippen LogP contribution in [0.1, 0.15) is 25.2 Å². The number of hydrogen-bond donors (Lipinski definition) is 2. The number of aromatic nitrogens is 2. The number of nitrogens with zero attached hydrogens (tertiary/aromatic N) is 2. The number of carbonyl (C=O) groups is 1. The van der Waals surface area contributed by atoms with Crippen LogP contribution in [0.15, 0.2) is 42.7 Å². The van der Waals surface area contributed by atoms with Gasteiger partial charge in [0.05, 0.1) is 6.54 Å². The predicted octanol–water partition coefficient (Wildman–Crippen LogP) is 1.44. The van der Waals surface area contributed by atoms with Gasteiger partial charge in [-0.1, -0.05) is 44.2 Å². The Morgan fingerprint density at radius 3 is 2.62 bits per heavy atom. The van der Waals surface area contributed by atoms with E-state index in [1.54, 1.807) is 6.20 Å². The topological polar surface area (TPSA) is 72.9 Å². The van der Waals surface area contributed by atoms with Gasteiger partial charge in [0.2, 0.25) is 5.91 Å². The highest BCUT2D eigenvalue weighted by Gasteiger charge is 2.38. The predicted molar refractivity (Wildman–Crippen MR) is 82.6 cm³/mol. The van der Waals surface area contributed by atoms with E-state index in [1.807, 2.05) is 54.9 Å². The standard InChI is InChI=1S/C16H22N4O/c1-3-14-18-10-11-20(14)12-16(15(17)21,19-4-2)13-8-6-5-7-9-13/h5-11,19H,3-4,12H2,1-2H3,(H2,17,21). The molecule has 0 bridgehead atoms. The lowest BCUT2D eigenvalue weighted by Crippen LogP contribution is -2.55. The monoisotopic (exact) mass is 286 g/mol. The first kappa shape index (κ1) is 15.3. The number of likely N-dealkylation sites (N-methyl/N-ethyl adjacent to an activating group) is 1. The molecule has 0 spiro atoms. The fraction of sp³-hybridized carbons (Fsp3) is 0.375. The number of nitrogens with one attached hydrogen (secondary N) is 1. The molecule has 5 heteroatoms. The summed E-state index contributed by atoms with van der Waals surface area (Å²) >= 11 is 0. The molecule has 1 amide bonds. The maximum atomic E-state index is 12.3. The third-order valence-corrected chi connectivity index (χ3v) is 3.69. The molecule has 0 aliphatic rings. The van der Waals surface area contributed by atoms with Gasteiger partial charge < -0.3 is 10.3 Å². The second-order valence-electron chi connectivity index (χ2n) is 4.99. The molecular formula is C16H22N4O. The van der Waals surface area contributed by atoms with E-state index in [1.165, 1.54) is 0 Å².